The minimum absolute atomic E-state index is 0.0971. The monoisotopic (exact) mass is 264 g/mol. The Bertz CT molecular complexity index is 446. The van der Waals surface area contributed by atoms with Crippen molar-refractivity contribution in [3.63, 3.8) is 0 Å². The quantitative estimate of drug-likeness (QED) is 0.780. The number of aryl methyl sites for hydroxylation is 1. The first kappa shape index (κ1) is 13.5. The van der Waals surface area contributed by atoms with E-state index in [0.29, 0.717) is 12.4 Å². The molecule has 6 heteroatoms. The van der Waals surface area contributed by atoms with E-state index in [4.69, 9.17) is 11.6 Å². The molecule has 0 fully saturated rings. The minimum Gasteiger partial charge on any atom is -0.271 e. The number of nitrogens with zero attached hydrogens (tertiary/aromatic N) is 2. The Morgan fingerprint density at radius 2 is 2.06 bits per heavy atom. The van der Waals surface area contributed by atoms with Crippen molar-refractivity contribution >= 4 is 21.4 Å². The molecule has 1 aromatic heterocycles. The number of hydrogen-bond donors (Lipinski definition) is 0. The molecule has 0 saturated carbocycles. The standard InChI is InChI=1S/C10H17ClN2O2S/c1-10(2,3)16(14,15)5-4-13-8-9(6-11)7-12-13/h7-8H,4-6H2,1-3H3. The van der Waals surface area contributed by atoms with Gasteiger partial charge in [0, 0.05) is 11.8 Å². The Labute approximate surface area is 102 Å². The number of hydrogen-bond acceptors (Lipinski definition) is 3. The fourth-order valence-electron chi connectivity index (χ4n) is 1.12. The van der Waals surface area contributed by atoms with Crippen LogP contribution in [0.25, 0.3) is 0 Å². The van der Waals surface area contributed by atoms with Crippen molar-refractivity contribution in [2.24, 2.45) is 0 Å². The van der Waals surface area contributed by atoms with Crippen LogP contribution >= 0.6 is 11.6 Å². The van der Waals surface area contributed by atoms with Crippen LogP contribution in [0, 0.1) is 0 Å². The summed E-state index contributed by atoms with van der Waals surface area (Å²) in [5.41, 5.74) is 0.898. The largest absolute Gasteiger partial charge is 0.271 e. The summed E-state index contributed by atoms with van der Waals surface area (Å²) in [5, 5.41) is 4.04. The van der Waals surface area contributed by atoms with E-state index in [9.17, 15) is 8.42 Å². The topological polar surface area (TPSA) is 52.0 Å². The van der Waals surface area contributed by atoms with Gasteiger partial charge in [-0.1, -0.05) is 0 Å². The molecule has 0 spiro atoms. The Kier molecular flexibility index (Phi) is 4.02. The second-order valence-electron chi connectivity index (χ2n) is 4.68. The molecular weight excluding hydrogens is 248 g/mol. The maximum absolute atomic E-state index is 11.8. The lowest BCUT2D eigenvalue weighted by Gasteiger charge is -2.18. The van der Waals surface area contributed by atoms with Gasteiger partial charge in [-0.2, -0.15) is 5.10 Å². The molecule has 0 saturated heterocycles. The van der Waals surface area contributed by atoms with Gasteiger partial charge < -0.3 is 0 Å². The summed E-state index contributed by atoms with van der Waals surface area (Å²) in [6.07, 6.45) is 3.42. The number of rotatable bonds is 4. The molecule has 0 bridgehead atoms. The highest BCUT2D eigenvalue weighted by Gasteiger charge is 2.28. The molecule has 1 aromatic rings. The Hall–Kier alpha value is -0.550. The van der Waals surface area contributed by atoms with Gasteiger partial charge in [0.15, 0.2) is 9.84 Å². The molecule has 0 aliphatic rings. The van der Waals surface area contributed by atoms with Crippen molar-refractivity contribution in [2.45, 2.75) is 37.9 Å². The predicted octanol–water partition coefficient (Wildman–Crippen LogP) is 1.84. The lowest BCUT2D eigenvalue weighted by atomic mass is 10.3. The van der Waals surface area contributed by atoms with Gasteiger partial charge in [0.2, 0.25) is 0 Å². The minimum atomic E-state index is -3.09. The third kappa shape index (κ3) is 3.22. The van der Waals surface area contributed by atoms with E-state index >= 15 is 0 Å². The second kappa shape index (κ2) is 4.75. The van der Waals surface area contributed by atoms with E-state index in [1.54, 1.807) is 37.8 Å². The average Bonchev–Trinajstić information content (AvgIpc) is 2.60. The molecule has 0 N–H and O–H groups in total. The molecule has 0 radical (unpaired) electrons. The molecule has 0 atom stereocenters. The third-order valence-corrected chi connectivity index (χ3v) is 5.26. The van der Waals surface area contributed by atoms with Crippen LogP contribution in [-0.4, -0.2) is 28.7 Å². The molecule has 0 unspecified atom stereocenters. The van der Waals surface area contributed by atoms with E-state index < -0.39 is 14.6 Å². The lowest BCUT2D eigenvalue weighted by molar-refractivity contribution is 0.548. The van der Waals surface area contributed by atoms with Crippen LogP contribution in [0.1, 0.15) is 26.3 Å². The van der Waals surface area contributed by atoms with E-state index in [0.717, 1.165) is 5.56 Å². The maximum atomic E-state index is 11.8. The molecular formula is C10H17ClN2O2S. The van der Waals surface area contributed by atoms with Crippen molar-refractivity contribution in [3.05, 3.63) is 18.0 Å². The normalized spacial score (nSPS) is 13.0. The van der Waals surface area contributed by atoms with Gasteiger partial charge in [0.1, 0.15) is 0 Å². The van der Waals surface area contributed by atoms with Crippen LogP contribution in [-0.2, 0) is 22.3 Å². The van der Waals surface area contributed by atoms with Crippen LogP contribution in [0.4, 0.5) is 0 Å². The summed E-state index contributed by atoms with van der Waals surface area (Å²) in [5.74, 6) is 0.492. The van der Waals surface area contributed by atoms with Crippen LogP contribution in [0.15, 0.2) is 12.4 Å². The van der Waals surface area contributed by atoms with Gasteiger partial charge in [-0.3, -0.25) is 4.68 Å². The number of sulfone groups is 1. The summed E-state index contributed by atoms with van der Waals surface area (Å²) in [6.45, 7) is 5.48. The van der Waals surface area contributed by atoms with Gasteiger partial charge >= 0.3 is 0 Å². The van der Waals surface area contributed by atoms with Gasteiger partial charge in [-0.25, -0.2) is 8.42 Å². The highest BCUT2D eigenvalue weighted by Crippen LogP contribution is 2.16. The summed E-state index contributed by atoms with van der Waals surface area (Å²) in [6, 6.07) is 0. The molecule has 0 aliphatic heterocycles. The number of halogens is 1. The van der Waals surface area contributed by atoms with Crippen LogP contribution in [0.3, 0.4) is 0 Å². The molecule has 0 amide bonds. The van der Waals surface area contributed by atoms with Gasteiger partial charge in [0.25, 0.3) is 0 Å². The molecule has 0 aliphatic carbocycles. The molecule has 92 valence electrons. The molecule has 16 heavy (non-hydrogen) atoms. The maximum Gasteiger partial charge on any atom is 0.157 e. The first-order valence-electron chi connectivity index (χ1n) is 5.06. The van der Waals surface area contributed by atoms with Crippen molar-refractivity contribution in [3.8, 4) is 0 Å². The van der Waals surface area contributed by atoms with Gasteiger partial charge in [-0.05, 0) is 20.8 Å². The Balaban J connectivity index is 2.65. The van der Waals surface area contributed by atoms with Crippen LogP contribution in [0.2, 0.25) is 0 Å². The first-order chi connectivity index (χ1) is 7.26. The van der Waals surface area contributed by atoms with Crippen molar-refractivity contribution in [1.29, 1.82) is 0 Å². The predicted molar refractivity (Wildman–Crippen MR) is 65.3 cm³/mol. The van der Waals surface area contributed by atoms with Gasteiger partial charge in [0.05, 0.1) is 29.1 Å². The lowest BCUT2D eigenvalue weighted by Crippen LogP contribution is -2.32. The average molecular weight is 265 g/mol. The van der Waals surface area contributed by atoms with Crippen molar-refractivity contribution < 1.29 is 8.42 Å². The molecule has 0 aromatic carbocycles. The Morgan fingerprint density at radius 1 is 1.44 bits per heavy atom. The summed E-state index contributed by atoms with van der Waals surface area (Å²) >= 11 is 5.63. The van der Waals surface area contributed by atoms with E-state index in [1.165, 1.54) is 0 Å². The van der Waals surface area contributed by atoms with Crippen LogP contribution < -0.4 is 0 Å². The van der Waals surface area contributed by atoms with Crippen LogP contribution in [0.5, 0.6) is 0 Å². The highest BCUT2D eigenvalue weighted by atomic mass is 35.5. The first-order valence-corrected chi connectivity index (χ1v) is 7.24. The zero-order valence-corrected chi connectivity index (χ0v) is 11.3. The zero-order valence-electron chi connectivity index (χ0n) is 9.77. The SMILES string of the molecule is CC(C)(C)S(=O)(=O)CCn1cc(CCl)cn1. The van der Waals surface area contributed by atoms with Crippen molar-refractivity contribution in [1.82, 2.24) is 9.78 Å². The smallest absolute Gasteiger partial charge is 0.157 e. The number of aromatic nitrogens is 2. The zero-order chi connectivity index (χ0) is 12.4. The summed E-state index contributed by atoms with van der Waals surface area (Å²) in [7, 11) is -3.09. The third-order valence-electron chi connectivity index (χ3n) is 2.36. The fraction of sp³-hybridized carbons (Fsp3) is 0.700. The molecule has 1 heterocycles. The van der Waals surface area contributed by atoms with E-state index in [1.807, 2.05) is 0 Å². The molecule has 1 rings (SSSR count). The van der Waals surface area contributed by atoms with Crippen molar-refractivity contribution in [2.75, 3.05) is 5.75 Å². The molecule has 4 nitrogen and oxygen atoms in total. The van der Waals surface area contributed by atoms with Gasteiger partial charge in [-0.15, -0.1) is 11.6 Å². The second-order valence-corrected chi connectivity index (χ2v) is 7.81. The summed E-state index contributed by atoms with van der Waals surface area (Å²) in [4.78, 5) is 0. The Morgan fingerprint density at radius 3 is 2.50 bits per heavy atom. The highest BCUT2D eigenvalue weighted by molar-refractivity contribution is 7.92. The van der Waals surface area contributed by atoms with E-state index in [-0.39, 0.29) is 5.75 Å². The fourth-order valence-corrected chi connectivity index (χ4v) is 2.30. The number of alkyl halides is 1. The summed E-state index contributed by atoms with van der Waals surface area (Å²) < 4.78 is 24.6. The van der Waals surface area contributed by atoms with E-state index in [2.05, 4.69) is 5.10 Å².